The van der Waals surface area contributed by atoms with Gasteiger partial charge >= 0.3 is 0 Å². The highest BCUT2D eigenvalue weighted by atomic mass is 32.1. The van der Waals surface area contributed by atoms with Crippen molar-refractivity contribution < 1.29 is 4.79 Å². The van der Waals surface area contributed by atoms with E-state index in [-0.39, 0.29) is 5.91 Å². The van der Waals surface area contributed by atoms with Crippen molar-refractivity contribution in [3.63, 3.8) is 0 Å². The molecule has 0 aromatic carbocycles. The van der Waals surface area contributed by atoms with Crippen LogP contribution in [0.2, 0.25) is 0 Å². The second-order valence-corrected chi connectivity index (χ2v) is 9.16. The molecule has 0 bridgehead atoms. The third-order valence-electron chi connectivity index (χ3n) is 6.19. The van der Waals surface area contributed by atoms with Crippen LogP contribution in [-0.4, -0.2) is 44.7 Å². The zero-order valence-electron chi connectivity index (χ0n) is 15.0. The summed E-state index contributed by atoms with van der Waals surface area (Å²) < 4.78 is 2.11. The predicted molar refractivity (Wildman–Crippen MR) is 100 cm³/mol. The molecule has 138 valence electrons. The number of aryl methyl sites for hydroxylation is 1. The summed E-state index contributed by atoms with van der Waals surface area (Å²) in [6.07, 6.45) is 6.68. The molecule has 0 unspecified atom stereocenters. The maximum atomic E-state index is 12.5. The largest absolute Gasteiger partial charge is 0.347 e. The van der Waals surface area contributed by atoms with Gasteiger partial charge < -0.3 is 9.88 Å². The molecule has 26 heavy (non-hydrogen) atoms. The van der Waals surface area contributed by atoms with E-state index in [1.165, 1.54) is 24.1 Å². The van der Waals surface area contributed by atoms with E-state index in [1.54, 1.807) is 0 Å². The lowest BCUT2D eigenvalue weighted by atomic mass is 9.73. The number of thiophene rings is 1. The zero-order valence-corrected chi connectivity index (χ0v) is 15.8. The number of nitrogens with zero attached hydrogens (tertiary/aromatic N) is 4. The number of fused-ring (bicyclic) bond motifs is 1. The molecule has 0 radical (unpaired) electrons. The topological polar surface area (TPSA) is 63.1 Å². The molecular weight excluding hydrogens is 346 g/mol. The highest BCUT2D eigenvalue weighted by molar-refractivity contribution is 7.09. The maximum absolute atomic E-state index is 12.5. The van der Waals surface area contributed by atoms with Gasteiger partial charge in [-0.2, -0.15) is 0 Å². The van der Waals surface area contributed by atoms with E-state index in [0.717, 1.165) is 51.3 Å². The van der Waals surface area contributed by atoms with Crippen LogP contribution in [0.5, 0.6) is 0 Å². The van der Waals surface area contributed by atoms with Gasteiger partial charge in [0.1, 0.15) is 5.82 Å². The van der Waals surface area contributed by atoms with E-state index in [9.17, 15) is 4.79 Å². The number of piperidine rings is 1. The first-order valence-electron chi connectivity index (χ1n) is 9.69. The van der Waals surface area contributed by atoms with E-state index in [2.05, 4.69) is 42.5 Å². The fourth-order valence-corrected chi connectivity index (χ4v) is 5.09. The summed E-state index contributed by atoms with van der Waals surface area (Å²) in [5, 5.41) is 13.7. The summed E-state index contributed by atoms with van der Waals surface area (Å²) in [5.74, 6) is 1.46. The molecule has 0 atom stereocenters. The number of carbonyl (C=O) groups excluding carboxylic acids is 1. The number of amides is 1. The average Bonchev–Trinajstić information content (AvgIpc) is 3.15. The average molecular weight is 372 g/mol. The predicted octanol–water partition coefficient (Wildman–Crippen LogP) is 2.46. The molecule has 1 N–H and O–H groups in total. The molecule has 2 fully saturated rings. The highest BCUT2D eigenvalue weighted by Crippen LogP contribution is 2.41. The first-order chi connectivity index (χ1) is 12.7. The minimum atomic E-state index is -0.0431. The van der Waals surface area contributed by atoms with E-state index in [1.807, 2.05) is 11.3 Å². The van der Waals surface area contributed by atoms with Crippen LogP contribution < -0.4 is 5.32 Å². The number of nitrogens with one attached hydrogen (secondary N) is 1. The van der Waals surface area contributed by atoms with Gasteiger partial charge in [-0.05, 0) is 62.1 Å². The molecule has 1 saturated carbocycles. The summed E-state index contributed by atoms with van der Waals surface area (Å²) in [6, 6.07) is 4.71. The number of carbonyl (C=O) groups is 1. The first kappa shape index (κ1) is 16.4. The van der Waals surface area contributed by atoms with E-state index in [4.69, 9.17) is 0 Å². The van der Waals surface area contributed by atoms with E-state index >= 15 is 0 Å². The van der Waals surface area contributed by atoms with Crippen LogP contribution in [0.25, 0.3) is 0 Å². The van der Waals surface area contributed by atoms with Crippen molar-refractivity contribution in [2.45, 2.75) is 57.7 Å². The summed E-state index contributed by atoms with van der Waals surface area (Å²) >= 11 is 1.84. The van der Waals surface area contributed by atoms with Gasteiger partial charge in [0.2, 0.25) is 5.82 Å². The highest BCUT2D eigenvalue weighted by Gasteiger charge is 2.40. The summed E-state index contributed by atoms with van der Waals surface area (Å²) in [4.78, 5) is 16.5. The minimum absolute atomic E-state index is 0.0431. The van der Waals surface area contributed by atoms with Crippen LogP contribution in [0.3, 0.4) is 0 Å². The van der Waals surface area contributed by atoms with Gasteiger partial charge in [-0.15, -0.1) is 21.5 Å². The standard InChI is InChI=1S/C19H25N5OS/c25-18(20-14-3-4-14)17-22-21-16-5-6-19(13-24(16)17)7-9-23(10-8-19)12-15-2-1-11-26-15/h1-2,11,14H,3-10,12-13H2,(H,20,25). The summed E-state index contributed by atoms with van der Waals surface area (Å²) in [5.41, 5.74) is 0.302. The van der Waals surface area contributed by atoms with Crippen LogP contribution in [0.4, 0.5) is 0 Å². The Kier molecular flexibility index (Phi) is 4.09. The fraction of sp³-hybridized carbons (Fsp3) is 0.632. The molecule has 6 nitrogen and oxygen atoms in total. The Labute approximate surface area is 157 Å². The maximum Gasteiger partial charge on any atom is 0.289 e. The summed E-state index contributed by atoms with van der Waals surface area (Å²) in [6.45, 7) is 4.24. The number of aromatic nitrogens is 3. The molecule has 1 aliphatic carbocycles. The third-order valence-corrected chi connectivity index (χ3v) is 7.05. The molecule has 5 rings (SSSR count). The Morgan fingerprint density at radius 3 is 2.85 bits per heavy atom. The van der Waals surface area contributed by atoms with Crippen molar-refractivity contribution in [1.82, 2.24) is 25.0 Å². The Hall–Kier alpha value is -1.73. The van der Waals surface area contributed by atoms with Gasteiger partial charge in [-0.1, -0.05) is 6.07 Å². The Bertz CT molecular complexity index is 787. The zero-order chi connectivity index (χ0) is 17.6. The van der Waals surface area contributed by atoms with Crippen LogP contribution in [0.1, 0.15) is 53.4 Å². The molecule has 2 aromatic heterocycles. The lowest BCUT2D eigenvalue weighted by Crippen LogP contribution is -2.44. The normalized spacial score (nSPS) is 22.3. The Morgan fingerprint density at radius 2 is 2.12 bits per heavy atom. The van der Waals surface area contributed by atoms with Crippen molar-refractivity contribution in [2.75, 3.05) is 13.1 Å². The quantitative estimate of drug-likeness (QED) is 0.897. The minimum Gasteiger partial charge on any atom is -0.347 e. The Morgan fingerprint density at radius 1 is 1.27 bits per heavy atom. The third kappa shape index (κ3) is 3.18. The number of hydrogen-bond acceptors (Lipinski definition) is 5. The van der Waals surface area contributed by atoms with Gasteiger partial charge in [0, 0.05) is 30.4 Å². The molecule has 7 heteroatoms. The smallest absolute Gasteiger partial charge is 0.289 e. The first-order valence-corrected chi connectivity index (χ1v) is 10.6. The SMILES string of the molecule is O=C(NC1CC1)c1nnc2n1CC1(CC2)CCN(Cc2cccs2)CC1. The van der Waals surface area contributed by atoms with Gasteiger partial charge in [0.25, 0.3) is 5.91 Å². The van der Waals surface area contributed by atoms with E-state index in [0.29, 0.717) is 17.3 Å². The van der Waals surface area contributed by atoms with E-state index < -0.39 is 0 Å². The monoisotopic (exact) mass is 371 g/mol. The second-order valence-electron chi connectivity index (χ2n) is 8.13. The molecular formula is C19H25N5OS. The van der Waals surface area contributed by atoms with Crippen LogP contribution >= 0.6 is 11.3 Å². The number of likely N-dealkylation sites (tertiary alicyclic amines) is 1. The molecule has 1 spiro atoms. The van der Waals surface area contributed by atoms with Gasteiger partial charge in [0.15, 0.2) is 0 Å². The van der Waals surface area contributed by atoms with Crippen LogP contribution in [0, 0.1) is 5.41 Å². The molecule has 1 saturated heterocycles. The molecule has 2 aromatic rings. The van der Waals surface area contributed by atoms with Crippen molar-refractivity contribution in [3.8, 4) is 0 Å². The Balaban J connectivity index is 1.26. The van der Waals surface area contributed by atoms with Crippen molar-refractivity contribution in [3.05, 3.63) is 34.0 Å². The lowest BCUT2D eigenvalue weighted by molar-refractivity contribution is 0.0622. The fourth-order valence-electron chi connectivity index (χ4n) is 4.34. The molecule has 1 amide bonds. The number of rotatable bonds is 4. The molecule has 3 aliphatic rings. The lowest BCUT2D eigenvalue weighted by Gasteiger charge is -2.44. The van der Waals surface area contributed by atoms with Gasteiger partial charge in [-0.3, -0.25) is 9.69 Å². The van der Waals surface area contributed by atoms with Crippen LogP contribution in [0.15, 0.2) is 17.5 Å². The molecule has 2 aliphatic heterocycles. The van der Waals surface area contributed by atoms with Gasteiger partial charge in [0.05, 0.1) is 0 Å². The van der Waals surface area contributed by atoms with Crippen molar-refractivity contribution in [1.29, 1.82) is 0 Å². The van der Waals surface area contributed by atoms with Crippen LogP contribution in [-0.2, 0) is 19.5 Å². The number of hydrogen-bond donors (Lipinski definition) is 1. The second kappa shape index (κ2) is 6.46. The van der Waals surface area contributed by atoms with Crippen molar-refractivity contribution in [2.24, 2.45) is 5.41 Å². The summed E-state index contributed by atoms with van der Waals surface area (Å²) in [7, 11) is 0. The molecule has 4 heterocycles. The van der Waals surface area contributed by atoms with Crippen molar-refractivity contribution >= 4 is 17.2 Å². The van der Waals surface area contributed by atoms with Gasteiger partial charge in [-0.25, -0.2) is 0 Å².